The fourth-order valence-corrected chi connectivity index (χ4v) is 4.87. The molecule has 2 saturated heterocycles. The molecule has 0 radical (unpaired) electrons. The second-order valence-corrected chi connectivity index (χ2v) is 9.45. The van der Waals surface area contributed by atoms with Crippen molar-refractivity contribution in [2.45, 2.75) is 57.1 Å². The molecule has 0 aromatic heterocycles. The predicted octanol–water partition coefficient (Wildman–Crippen LogP) is 4.88. The average molecular weight is 474 g/mol. The second-order valence-electron chi connectivity index (χ2n) is 9.45. The van der Waals surface area contributed by atoms with Gasteiger partial charge in [0.2, 0.25) is 0 Å². The Kier molecular flexibility index (Phi) is 6.60. The van der Waals surface area contributed by atoms with Crippen molar-refractivity contribution in [2.24, 2.45) is 0 Å². The first-order valence-electron chi connectivity index (χ1n) is 11.9. The van der Waals surface area contributed by atoms with Gasteiger partial charge in [0, 0.05) is 6.54 Å². The molecule has 5 rings (SSSR count). The Morgan fingerprint density at radius 1 is 0.857 bits per heavy atom. The normalized spacial score (nSPS) is 25.3. The summed E-state index contributed by atoms with van der Waals surface area (Å²) in [7, 11) is 1.65. The first-order chi connectivity index (χ1) is 16.9. The molecule has 1 amide bonds. The van der Waals surface area contributed by atoms with Crippen LogP contribution < -0.4 is 4.74 Å². The smallest absolute Gasteiger partial charge is 0.254 e. The molecule has 0 bridgehead atoms. The van der Waals surface area contributed by atoms with Crippen molar-refractivity contribution in [1.82, 2.24) is 4.90 Å². The molecule has 0 unspecified atom stereocenters. The Morgan fingerprint density at radius 2 is 1.49 bits per heavy atom. The van der Waals surface area contributed by atoms with Gasteiger partial charge >= 0.3 is 0 Å². The minimum atomic E-state index is -0.795. The van der Waals surface area contributed by atoms with Crippen LogP contribution in [-0.4, -0.2) is 42.0 Å². The van der Waals surface area contributed by atoms with E-state index in [-0.39, 0.29) is 24.2 Å². The van der Waals surface area contributed by atoms with E-state index in [1.165, 1.54) is 0 Å². The molecule has 2 fully saturated rings. The molecule has 3 aromatic carbocycles. The number of ether oxygens (including phenoxy) is 4. The number of nitrogens with zero attached hydrogens (tertiary/aromatic N) is 1. The highest BCUT2D eigenvalue weighted by Crippen LogP contribution is 2.45. The van der Waals surface area contributed by atoms with E-state index < -0.39 is 11.9 Å². The number of β-lactam (4-membered cyclic amide) rings is 1. The highest BCUT2D eigenvalue weighted by molar-refractivity contribution is 5.88. The zero-order valence-electron chi connectivity index (χ0n) is 20.3. The predicted molar refractivity (Wildman–Crippen MR) is 132 cm³/mol. The number of methoxy groups -OCH3 is 1. The van der Waals surface area contributed by atoms with Gasteiger partial charge in [-0.25, -0.2) is 0 Å². The van der Waals surface area contributed by atoms with Crippen LogP contribution in [0.25, 0.3) is 0 Å². The summed E-state index contributed by atoms with van der Waals surface area (Å²) in [5.41, 5.74) is 3.06. The van der Waals surface area contributed by atoms with Gasteiger partial charge in [0.25, 0.3) is 5.91 Å². The largest absolute Gasteiger partial charge is 0.497 e. The van der Waals surface area contributed by atoms with Gasteiger partial charge in [-0.1, -0.05) is 72.8 Å². The molecule has 35 heavy (non-hydrogen) atoms. The standard InChI is InChI=1S/C29H31NO5/c1-29(2)34-25(22-14-16-23(32-3)17-15-22)26(35-29)24-27(33-19-21-12-8-5-9-13-21)28(31)30(24)18-20-10-6-4-7-11-20/h4-17,24-27H,18-19H2,1-3H3/t24-,25-,26-,27+/m0/s1. The summed E-state index contributed by atoms with van der Waals surface area (Å²) >= 11 is 0. The summed E-state index contributed by atoms with van der Waals surface area (Å²) in [5, 5.41) is 0. The number of likely N-dealkylation sites (tertiary alicyclic amines) is 1. The van der Waals surface area contributed by atoms with E-state index in [2.05, 4.69) is 0 Å². The van der Waals surface area contributed by atoms with Crippen molar-refractivity contribution in [1.29, 1.82) is 0 Å². The van der Waals surface area contributed by atoms with Crippen LogP contribution in [0.3, 0.4) is 0 Å². The van der Waals surface area contributed by atoms with Crippen molar-refractivity contribution in [3.8, 4) is 5.75 Å². The summed E-state index contributed by atoms with van der Waals surface area (Å²) in [6, 6.07) is 27.4. The third-order valence-electron chi connectivity index (χ3n) is 6.57. The van der Waals surface area contributed by atoms with E-state index in [1.54, 1.807) is 7.11 Å². The Bertz CT molecular complexity index is 1130. The number of benzene rings is 3. The van der Waals surface area contributed by atoms with E-state index in [4.69, 9.17) is 18.9 Å². The fraction of sp³-hybridized carbons (Fsp3) is 0.345. The van der Waals surface area contributed by atoms with Crippen molar-refractivity contribution in [2.75, 3.05) is 7.11 Å². The number of hydrogen-bond acceptors (Lipinski definition) is 5. The van der Waals surface area contributed by atoms with Crippen LogP contribution in [0, 0.1) is 0 Å². The summed E-state index contributed by atoms with van der Waals surface area (Å²) in [6.07, 6.45) is -1.35. The lowest BCUT2D eigenvalue weighted by molar-refractivity contribution is -0.199. The van der Waals surface area contributed by atoms with E-state index >= 15 is 0 Å². The summed E-state index contributed by atoms with van der Waals surface area (Å²) in [4.78, 5) is 15.2. The molecule has 2 aliphatic rings. The fourth-order valence-electron chi connectivity index (χ4n) is 4.87. The zero-order valence-corrected chi connectivity index (χ0v) is 20.3. The lowest BCUT2D eigenvalue weighted by Crippen LogP contribution is -2.70. The SMILES string of the molecule is COc1ccc([C@@H]2OC(C)(C)O[C@H]2[C@H]2[C@@H](OCc3ccccc3)C(=O)N2Cc2ccccc2)cc1. The van der Waals surface area contributed by atoms with Gasteiger partial charge in [0.1, 0.15) is 18.0 Å². The highest BCUT2D eigenvalue weighted by Gasteiger charge is 2.58. The molecule has 0 aliphatic carbocycles. The van der Waals surface area contributed by atoms with Crippen LogP contribution in [0.2, 0.25) is 0 Å². The van der Waals surface area contributed by atoms with Crippen molar-refractivity contribution in [3.63, 3.8) is 0 Å². The summed E-state index contributed by atoms with van der Waals surface area (Å²) in [6.45, 7) is 4.67. The second kappa shape index (κ2) is 9.82. The molecule has 6 nitrogen and oxygen atoms in total. The highest BCUT2D eigenvalue weighted by atomic mass is 16.8. The van der Waals surface area contributed by atoms with E-state index in [0.717, 1.165) is 22.4 Å². The Labute approximate surface area is 206 Å². The number of amides is 1. The molecule has 182 valence electrons. The molecular formula is C29H31NO5. The maximum absolute atomic E-state index is 13.3. The van der Waals surface area contributed by atoms with Crippen molar-refractivity contribution in [3.05, 3.63) is 102 Å². The lowest BCUT2D eigenvalue weighted by atomic mass is 9.86. The Hall–Kier alpha value is -3.19. The topological polar surface area (TPSA) is 57.2 Å². The van der Waals surface area contributed by atoms with Crippen LogP contribution >= 0.6 is 0 Å². The van der Waals surface area contributed by atoms with Crippen molar-refractivity contribution >= 4 is 5.91 Å². The van der Waals surface area contributed by atoms with E-state index in [9.17, 15) is 4.79 Å². The molecular weight excluding hydrogens is 442 g/mol. The van der Waals surface area contributed by atoms with Crippen LogP contribution in [0.1, 0.15) is 36.6 Å². The lowest BCUT2D eigenvalue weighted by Gasteiger charge is -2.49. The molecule has 0 saturated carbocycles. The summed E-state index contributed by atoms with van der Waals surface area (Å²) < 4.78 is 24.3. The van der Waals surface area contributed by atoms with E-state index in [1.807, 2.05) is 104 Å². The van der Waals surface area contributed by atoms with Crippen LogP contribution in [-0.2, 0) is 32.2 Å². The number of rotatable bonds is 8. The third kappa shape index (κ3) is 4.96. The van der Waals surface area contributed by atoms with Gasteiger partial charge in [-0.05, 0) is 42.7 Å². The number of hydrogen-bond donors (Lipinski definition) is 0. The number of carbonyl (C=O) groups excluding carboxylic acids is 1. The van der Waals surface area contributed by atoms with Crippen LogP contribution in [0.4, 0.5) is 0 Å². The van der Waals surface area contributed by atoms with E-state index in [0.29, 0.717) is 13.2 Å². The molecule has 0 spiro atoms. The molecule has 3 aromatic rings. The zero-order chi connectivity index (χ0) is 24.4. The summed E-state index contributed by atoms with van der Waals surface area (Å²) in [5.74, 6) is -0.0512. The molecule has 0 N–H and O–H groups in total. The van der Waals surface area contributed by atoms with Crippen molar-refractivity contribution < 1.29 is 23.7 Å². The Morgan fingerprint density at radius 3 is 2.11 bits per heavy atom. The molecule has 2 aliphatic heterocycles. The van der Waals surface area contributed by atoms with Gasteiger partial charge in [-0.3, -0.25) is 4.79 Å². The first-order valence-corrected chi connectivity index (χ1v) is 11.9. The minimum absolute atomic E-state index is 0.0310. The monoisotopic (exact) mass is 473 g/mol. The van der Waals surface area contributed by atoms with Crippen LogP contribution in [0.5, 0.6) is 5.75 Å². The minimum Gasteiger partial charge on any atom is -0.497 e. The van der Waals surface area contributed by atoms with Gasteiger partial charge in [-0.2, -0.15) is 0 Å². The number of carbonyl (C=O) groups is 1. The van der Waals surface area contributed by atoms with Crippen LogP contribution in [0.15, 0.2) is 84.9 Å². The van der Waals surface area contributed by atoms with Gasteiger partial charge in [0.05, 0.1) is 19.8 Å². The molecule has 4 atom stereocenters. The Balaban J connectivity index is 1.43. The van der Waals surface area contributed by atoms with Gasteiger partial charge in [0.15, 0.2) is 11.9 Å². The van der Waals surface area contributed by atoms with Gasteiger partial charge in [-0.15, -0.1) is 0 Å². The third-order valence-corrected chi connectivity index (χ3v) is 6.57. The molecule has 6 heteroatoms. The first kappa shape index (κ1) is 23.5. The van der Waals surface area contributed by atoms with Gasteiger partial charge < -0.3 is 23.8 Å². The average Bonchev–Trinajstić information content (AvgIpc) is 3.20. The maximum Gasteiger partial charge on any atom is 0.254 e. The quantitative estimate of drug-likeness (QED) is 0.436. The maximum atomic E-state index is 13.3. The molecule has 2 heterocycles.